The fraction of sp³-hybridized carbons (Fsp3) is 0.130. The fourth-order valence-corrected chi connectivity index (χ4v) is 3.76. The van der Waals surface area contributed by atoms with E-state index in [0.717, 1.165) is 16.0 Å². The summed E-state index contributed by atoms with van der Waals surface area (Å²) in [6, 6.07) is 23.6. The van der Waals surface area contributed by atoms with Gasteiger partial charge in [0.15, 0.2) is 0 Å². The molecular formula is C23H20N2O2S. The van der Waals surface area contributed by atoms with Crippen molar-refractivity contribution in [3.8, 4) is 10.8 Å². The predicted octanol–water partition coefficient (Wildman–Crippen LogP) is 5.16. The summed E-state index contributed by atoms with van der Waals surface area (Å²) >= 11 is 1.57. The molecule has 4 nitrogen and oxygen atoms in total. The summed E-state index contributed by atoms with van der Waals surface area (Å²) in [5.41, 5.74) is 2.75. The third kappa shape index (κ3) is 4.05. The summed E-state index contributed by atoms with van der Waals surface area (Å²) in [6.07, 6.45) is 0.177. The van der Waals surface area contributed by atoms with Crippen LogP contribution in [-0.4, -0.2) is 10.9 Å². The Labute approximate surface area is 167 Å². The zero-order valence-electron chi connectivity index (χ0n) is 15.5. The van der Waals surface area contributed by atoms with Crippen LogP contribution in [-0.2, 0) is 11.2 Å². The summed E-state index contributed by atoms with van der Waals surface area (Å²) in [6.45, 7) is 1.85. The van der Waals surface area contributed by atoms with Gasteiger partial charge in [-0.15, -0.1) is 11.3 Å². The highest BCUT2D eigenvalue weighted by Crippen LogP contribution is 2.26. The maximum atomic E-state index is 12.8. The molecule has 1 N–H and O–H groups in total. The van der Waals surface area contributed by atoms with Crippen LogP contribution in [0.25, 0.3) is 10.8 Å². The Morgan fingerprint density at radius 3 is 2.21 bits per heavy atom. The van der Waals surface area contributed by atoms with Gasteiger partial charge in [-0.1, -0.05) is 66.7 Å². The number of benzene rings is 2. The van der Waals surface area contributed by atoms with E-state index in [1.165, 1.54) is 0 Å². The Morgan fingerprint density at radius 2 is 1.64 bits per heavy atom. The minimum atomic E-state index is -0.209. The maximum absolute atomic E-state index is 12.8. The van der Waals surface area contributed by atoms with Crippen LogP contribution in [0, 0.1) is 6.92 Å². The van der Waals surface area contributed by atoms with Crippen LogP contribution in [0.15, 0.2) is 82.6 Å². The monoisotopic (exact) mass is 388 g/mol. The number of carbonyl (C=O) groups is 1. The summed E-state index contributed by atoms with van der Waals surface area (Å²) < 4.78 is 5.75. The van der Waals surface area contributed by atoms with Crippen molar-refractivity contribution >= 4 is 17.2 Å². The number of hydrogen-bond acceptors (Lipinski definition) is 4. The third-order valence-electron chi connectivity index (χ3n) is 4.52. The molecule has 0 bridgehead atoms. The first-order chi connectivity index (χ1) is 13.7. The van der Waals surface area contributed by atoms with E-state index < -0.39 is 0 Å². The lowest BCUT2D eigenvalue weighted by molar-refractivity contribution is -0.121. The number of hydrogen-bond donors (Lipinski definition) is 1. The van der Waals surface area contributed by atoms with E-state index in [9.17, 15) is 4.79 Å². The van der Waals surface area contributed by atoms with Gasteiger partial charge in [0.1, 0.15) is 5.76 Å². The Kier molecular flexibility index (Phi) is 5.35. The van der Waals surface area contributed by atoms with E-state index >= 15 is 0 Å². The molecule has 1 amide bonds. The Hall–Kier alpha value is -3.18. The van der Waals surface area contributed by atoms with Crippen LogP contribution in [0.4, 0.5) is 0 Å². The van der Waals surface area contributed by atoms with Crippen molar-refractivity contribution in [1.29, 1.82) is 0 Å². The number of thiophene rings is 1. The first kappa shape index (κ1) is 18.2. The Bertz CT molecular complexity index is 1000. The van der Waals surface area contributed by atoms with Crippen LogP contribution in [0.3, 0.4) is 0 Å². The second-order valence-electron chi connectivity index (χ2n) is 6.50. The molecule has 0 aliphatic carbocycles. The van der Waals surface area contributed by atoms with E-state index in [1.54, 1.807) is 11.3 Å². The molecule has 0 saturated carbocycles. The largest absolute Gasteiger partial charge is 0.440 e. The highest BCUT2D eigenvalue weighted by molar-refractivity contribution is 7.13. The van der Waals surface area contributed by atoms with Gasteiger partial charge in [-0.2, -0.15) is 0 Å². The molecule has 2 aromatic carbocycles. The minimum absolute atomic E-state index is 0.0909. The number of aromatic nitrogens is 1. The Balaban J connectivity index is 1.54. The molecule has 2 heterocycles. The molecule has 2 aromatic heterocycles. The molecule has 4 aromatic rings. The molecule has 0 fully saturated rings. The molecule has 0 radical (unpaired) electrons. The van der Waals surface area contributed by atoms with Crippen molar-refractivity contribution < 1.29 is 9.21 Å². The molecule has 0 aliphatic heterocycles. The van der Waals surface area contributed by atoms with Gasteiger partial charge in [0.2, 0.25) is 11.8 Å². The summed E-state index contributed by atoms with van der Waals surface area (Å²) in [5.74, 6) is 1.15. The maximum Gasteiger partial charge on any atom is 0.236 e. The van der Waals surface area contributed by atoms with Crippen LogP contribution >= 0.6 is 11.3 Å². The third-order valence-corrected chi connectivity index (χ3v) is 5.38. The summed E-state index contributed by atoms with van der Waals surface area (Å²) in [4.78, 5) is 18.3. The first-order valence-corrected chi connectivity index (χ1v) is 9.98. The Morgan fingerprint density at radius 1 is 1.00 bits per heavy atom. The van der Waals surface area contributed by atoms with Crippen molar-refractivity contribution in [3.05, 3.63) is 101 Å². The predicted molar refractivity (Wildman–Crippen MR) is 111 cm³/mol. The van der Waals surface area contributed by atoms with E-state index in [4.69, 9.17) is 4.42 Å². The number of rotatable bonds is 6. The highest BCUT2D eigenvalue weighted by Gasteiger charge is 2.20. The zero-order chi connectivity index (χ0) is 19.3. The number of carbonyl (C=O) groups excluding carboxylic acids is 1. The van der Waals surface area contributed by atoms with Crippen molar-refractivity contribution in [3.63, 3.8) is 0 Å². The standard InChI is InChI=1S/C23H20N2O2S/c1-16-19(24-23(27-16)20-13-8-14-28-20)15-21(26)25-22(17-9-4-2-5-10-17)18-11-6-3-7-12-18/h2-14,22H,15H2,1H3,(H,25,26). The number of nitrogens with zero attached hydrogens (tertiary/aromatic N) is 1. The van der Waals surface area contributed by atoms with Crippen LogP contribution in [0.5, 0.6) is 0 Å². The smallest absolute Gasteiger partial charge is 0.236 e. The van der Waals surface area contributed by atoms with Crippen LogP contribution < -0.4 is 5.32 Å². The van der Waals surface area contributed by atoms with E-state index in [0.29, 0.717) is 17.3 Å². The van der Waals surface area contributed by atoms with Crippen molar-refractivity contribution in [2.45, 2.75) is 19.4 Å². The quantitative estimate of drug-likeness (QED) is 0.496. The first-order valence-electron chi connectivity index (χ1n) is 9.10. The number of oxazole rings is 1. The number of nitrogens with one attached hydrogen (secondary N) is 1. The van der Waals surface area contributed by atoms with Gasteiger partial charge in [-0.05, 0) is 29.5 Å². The molecule has 28 heavy (non-hydrogen) atoms. The number of amides is 1. The average molecular weight is 388 g/mol. The second-order valence-corrected chi connectivity index (χ2v) is 7.45. The topological polar surface area (TPSA) is 55.1 Å². The highest BCUT2D eigenvalue weighted by atomic mass is 32.1. The van der Waals surface area contributed by atoms with Gasteiger partial charge in [-0.25, -0.2) is 4.98 Å². The molecule has 0 atom stereocenters. The minimum Gasteiger partial charge on any atom is -0.440 e. The lowest BCUT2D eigenvalue weighted by atomic mass is 9.98. The zero-order valence-corrected chi connectivity index (χ0v) is 16.3. The molecule has 5 heteroatoms. The van der Waals surface area contributed by atoms with E-state index in [-0.39, 0.29) is 18.4 Å². The SMILES string of the molecule is Cc1oc(-c2cccs2)nc1CC(=O)NC(c1ccccc1)c1ccccc1. The molecular weight excluding hydrogens is 368 g/mol. The number of aryl methyl sites for hydroxylation is 1. The van der Waals surface area contributed by atoms with Gasteiger partial charge in [0, 0.05) is 0 Å². The van der Waals surface area contributed by atoms with Crippen LogP contribution in [0.1, 0.15) is 28.6 Å². The van der Waals surface area contributed by atoms with Gasteiger partial charge in [-0.3, -0.25) is 4.79 Å². The van der Waals surface area contributed by atoms with Crippen molar-refractivity contribution in [2.75, 3.05) is 0 Å². The van der Waals surface area contributed by atoms with Gasteiger partial charge in [0.25, 0.3) is 0 Å². The van der Waals surface area contributed by atoms with Crippen LogP contribution in [0.2, 0.25) is 0 Å². The van der Waals surface area contributed by atoms with Crippen molar-refractivity contribution in [2.24, 2.45) is 0 Å². The van der Waals surface area contributed by atoms with Gasteiger partial charge >= 0.3 is 0 Å². The molecule has 0 saturated heterocycles. The molecule has 4 rings (SSSR count). The summed E-state index contributed by atoms with van der Waals surface area (Å²) in [5, 5.41) is 5.13. The average Bonchev–Trinajstić information content (AvgIpc) is 3.38. The van der Waals surface area contributed by atoms with E-state index in [1.807, 2.05) is 85.1 Å². The lowest BCUT2D eigenvalue weighted by Gasteiger charge is -2.19. The molecule has 0 aliphatic rings. The molecule has 0 unspecified atom stereocenters. The van der Waals surface area contributed by atoms with Gasteiger partial charge in [0.05, 0.1) is 23.0 Å². The fourth-order valence-electron chi connectivity index (χ4n) is 3.11. The molecule has 0 spiro atoms. The van der Waals surface area contributed by atoms with E-state index in [2.05, 4.69) is 10.3 Å². The normalized spacial score (nSPS) is 10.9. The second kappa shape index (κ2) is 8.23. The lowest BCUT2D eigenvalue weighted by Crippen LogP contribution is -2.30. The van der Waals surface area contributed by atoms with Crippen molar-refractivity contribution in [1.82, 2.24) is 10.3 Å². The summed E-state index contributed by atoms with van der Waals surface area (Å²) in [7, 11) is 0. The van der Waals surface area contributed by atoms with Gasteiger partial charge < -0.3 is 9.73 Å². The molecule has 140 valence electrons.